The van der Waals surface area contributed by atoms with E-state index >= 15 is 0 Å². The molecule has 1 atom stereocenters. The third kappa shape index (κ3) is 3.90. The molecule has 0 bridgehead atoms. The first-order valence-electron chi connectivity index (χ1n) is 12.2. The van der Waals surface area contributed by atoms with E-state index in [0.717, 1.165) is 65.0 Å². The highest BCUT2D eigenvalue weighted by molar-refractivity contribution is 5.96. The molecule has 10 heteroatoms. The van der Waals surface area contributed by atoms with Crippen LogP contribution < -0.4 is 10.2 Å². The van der Waals surface area contributed by atoms with Crippen LogP contribution in [-0.2, 0) is 16.0 Å². The van der Waals surface area contributed by atoms with Crippen molar-refractivity contribution in [3.05, 3.63) is 29.1 Å². The molecule has 1 unspecified atom stereocenters. The number of aliphatic carboxylic acids is 1. The number of benzene rings is 1. The van der Waals surface area contributed by atoms with Gasteiger partial charge in [-0.05, 0) is 71.4 Å². The average molecular weight is 481 g/mol. The minimum absolute atomic E-state index is 0.0367. The Hall–Kier alpha value is -3.56. The van der Waals surface area contributed by atoms with E-state index in [1.165, 1.54) is 7.11 Å². The lowest BCUT2D eigenvalue weighted by Gasteiger charge is -2.34. The maximum Gasteiger partial charge on any atom is 0.414 e. The molecule has 3 heterocycles. The zero-order valence-electron chi connectivity index (χ0n) is 20.6. The number of nitrogens with zero attached hydrogens (tertiary/aromatic N) is 4. The summed E-state index contributed by atoms with van der Waals surface area (Å²) < 4.78 is 7.29. The smallest absolute Gasteiger partial charge is 0.414 e. The van der Waals surface area contributed by atoms with Crippen LogP contribution in [-0.4, -0.2) is 50.1 Å². The molecule has 3 aromatic rings. The second-order valence-corrected chi connectivity index (χ2v) is 9.74. The summed E-state index contributed by atoms with van der Waals surface area (Å²) in [5.74, 6) is -0.297. The number of aryl methyl sites for hydroxylation is 3. The molecule has 0 saturated heterocycles. The second kappa shape index (κ2) is 8.90. The van der Waals surface area contributed by atoms with E-state index in [-0.39, 0.29) is 24.1 Å². The number of fused-ring (bicyclic) bond motifs is 3. The molecule has 1 fully saturated rings. The molecule has 1 aromatic carbocycles. The van der Waals surface area contributed by atoms with Crippen LogP contribution >= 0.6 is 0 Å². The van der Waals surface area contributed by atoms with Crippen molar-refractivity contribution in [1.29, 1.82) is 0 Å². The van der Waals surface area contributed by atoms with Gasteiger partial charge in [-0.25, -0.2) is 9.78 Å². The normalized spacial score (nSPS) is 22.2. The Kier molecular flexibility index (Phi) is 5.90. The highest BCUT2D eigenvalue weighted by Gasteiger charge is 2.34. The van der Waals surface area contributed by atoms with Crippen LogP contribution in [0.5, 0.6) is 0 Å². The SMILES string of the molecule is COC(=O)N1c2ccc3c(nc(Nc4c(C)n[nH]c4C)n3C3CCC(C(=O)O)CC3)c2CCC1C. The van der Waals surface area contributed by atoms with Crippen LogP contribution in [0.15, 0.2) is 12.1 Å². The lowest BCUT2D eigenvalue weighted by molar-refractivity contribution is -0.143. The van der Waals surface area contributed by atoms with Crippen molar-refractivity contribution in [2.24, 2.45) is 5.92 Å². The number of carboxylic acid groups (broad SMARTS) is 1. The summed E-state index contributed by atoms with van der Waals surface area (Å²) in [4.78, 5) is 30.9. The molecule has 1 saturated carbocycles. The quantitative estimate of drug-likeness (QED) is 0.488. The highest BCUT2D eigenvalue weighted by Crippen LogP contribution is 2.42. The number of aromatic nitrogens is 4. The van der Waals surface area contributed by atoms with E-state index < -0.39 is 5.97 Å². The fraction of sp³-hybridized carbons (Fsp3) is 0.520. The maximum atomic E-state index is 12.6. The molecular weight excluding hydrogens is 448 g/mol. The highest BCUT2D eigenvalue weighted by atomic mass is 16.5. The van der Waals surface area contributed by atoms with Gasteiger partial charge in [-0.2, -0.15) is 5.10 Å². The fourth-order valence-electron chi connectivity index (χ4n) is 5.66. The number of H-pyrrole nitrogens is 1. The molecule has 186 valence electrons. The Balaban J connectivity index is 1.63. The van der Waals surface area contributed by atoms with Crippen LogP contribution in [0.1, 0.15) is 62.0 Å². The Morgan fingerprint density at radius 2 is 1.91 bits per heavy atom. The molecular formula is C25H32N6O4. The van der Waals surface area contributed by atoms with Crippen LogP contribution in [0.2, 0.25) is 0 Å². The third-order valence-electron chi connectivity index (χ3n) is 7.60. The fourth-order valence-corrected chi connectivity index (χ4v) is 5.66. The average Bonchev–Trinajstić information content (AvgIpc) is 3.38. The Bertz CT molecular complexity index is 1270. The number of rotatable bonds is 4. The number of anilines is 3. The summed E-state index contributed by atoms with van der Waals surface area (Å²) in [5, 5.41) is 20.3. The number of carbonyl (C=O) groups excluding carboxylic acids is 1. The molecule has 2 aliphatic rings. The minimum Gasteiger partial charge on any atom is -0.481 e. The number of imidazole rings is 1. The molecule has 1 aliphatic carbocycles. The monoisotopic (exact) mass is 480 g/mol. The molecule has 2 aromatic heterocycles. The van der Waals surface area contributed by atoms with E-state index in [1.54, 1.807) is 4.90 Å². The Morgan fingerprint density at radius 3 is 2.54 bits per heavy atom. The molecule has 0 spiro atoms. The number of aromatic amines is 1. The summed E-state index contributed by atoms with van der Waals surface area (Å²) in [7, 11) is 1.40. The van der Waals surface area contributed by atoms with Crippen LogP contribution in [0.4, 0.5) is 22.1 Å². The number of hydrogen-bond donors (Lipinski definition) is 3. The van der Waals surface area contributed by atoms with Gasteiger partial charge >= 0.3 is 12.1 Å². The van der Waals surface area contributed by atoms with E-state index in [4.69, 9.17) is 9.72 Å². The topological polar surface area (TPSA) is 125 Å². The summed E-state index contributed by atoms with van der Waals surface area (Å²) in [6.07, 6.45) is 4.08. The lowest BCUT2D eigenvalue weighted by atomic mass is 9.86. The molecule has 10 nitrogen and oxygen atoms in total. The van der Waals surface area contributed by atoms with Gasteiger partial charge in [-0.15, -0.1) is 0 Å². The molecule has 35 heavy (non-hydrogen) atoms. The molecule has 1 aliphatic heterocycles. The molecule has 5 rings (SSSR count). The molecule has 1 amide bonds. The first-order chi connectivity index (χ1) is 16.8. The summed E-state index contributed by atoms with van der Waals surface area (Å²) in [5.41, 5.74) is 6.39. The Morgan fingerprint density at radius 1 is 1.17 bits per heavy atom. The molecule has 3 N–H and O–H groups in total. The van der Waals surface area contributed by atoms with Crippen molar-refractivity contribution in [3.8, 4) is 0 Å². The van der Waals surface area contributed by atoms with Gasteiger partial charge < -0.3 is 19.7 Å². The number of carboxylic acids is 1. The van der Waals surface area contributed by atoms with Crippen LogP contribution in [0, 0.1) is 19.8 Å². The molecule has 0 radical (unpaired) electrons. The van der Waals surface area contributed by atoms with Crippen molar-refractivity contribution in [3.63, 3.8) is 0 Å². The maximum absolute atomic E-state index is 12.6. The van der Waals surface area contributed by atoms with Gasteiger partial charge in [0.2, 0.25) is 5.95 Å². The summed E-state index contributed by atoms with van der Waals surface area (Å²) in [6.45, 7) is 5.93. The van der Waals surface area contributed by atoms with E-state index in [9.17, 15) is 14.7 Å². The van der Waals surface area contributed by atoms with Crippen molar-refractivity contribution < 1.29 is 19.4 Å². The van der Waals surface area contributed by atoms with E-state index in [1.807, 2.05) is 32.9 Å². The number of nitrogens with one attached hydrogen (secondary N) is 2. The largest absolute Gasteiger partial charge is 0.481 e. The minimum atomic E-state index is -0.715. The van der Waals surface area contributed by atoms with Crippen LogP contribution in [0.25, 0.3) is 11.0 Å². The van der Waals surface area contributed by atoms with Gasteiger partial charge in [0.15, 0.2) is 0 Å². The van der Waals surface area contributed by atoms with Crippen molar-refractivity contribution in [1.82, 2.24) is 19.7 Å². The zero-order chi connectivity index (χ0) is 24.9. The van der Waals surface area contributed by atoms with Crippen molar-refractivity contribution >= 4 is 40.4 Å². The second-order valence-electron chi connectivity index (χ2n) is 9.74. The van der Waals surface area contributed by atoms with Gasteiger partial charge in [-0.1, -0.05) is 0 Å². The first kappa shape index (κ1) is 23.2. The number of methoxy groups -OCH3 is 1. The summed E-state index contributed by atoms with van der Waals surface area (Å²) >= 11 is 0. The van der Waals surface area contributed by atoms with Crippen LogP contribution in [0.3, 0.4) is 0 Å². The predicted octanol–water partition coefficient (Wildman–Crippen LogP) is 4.84. The number of amides is 1. The van der Waals surface area contributed by atoms with Gasteiger partial charge in [0.1, 0.15) is 0 Å². The number of ether oxygens (including phenoxy) is 1. The van der Waals surface area contributed by atoms with Gasteiger partial charge in [0, 0.05) is 17.6 Å². The van der Waals surface area contributed by atoms with Gasteiger partial charge in [0.25, 0.3) is 0 Å². The van der Waals surface area contributed by atoms with Crippen molar-refractivity contribution in [2.75, 3.05) is 17.3 Å². The standard InChI is InChI=1S/C25H32N6O4/c1-13-5-10-18-19(30(13)25(34)35-4)11-12-20-22(18)27-24(26-21-14(2)28-29-15(21)3)31(20)17-8-6-16(7-9-17)23(32)33/h11-13,16-17H,5-10H2,1-4H3,(H,26,27)(H,28,29)(H,32,33). The van der Waals surface area contributed by atoms with Gasteiger partial charge in [0.05, 0.1) is 46.8 Å². The van der Waals surface area contributed by atoms with Gasteiger partial charge in [-0.3, -0.25) is 14.8 Å². The van der Waals surface area contributed by atoms with Crippen molar-refractivity contribution in [2.45, 2.75) is 71.4 Å². The van der Waals surface area contributed by atoms with E-state index in [0.29, 0.717) is 18.8 Å². The number of hydrogen-bond acceptors (Lipinski definition) is 6. The number of carbonyl (C=O) groups is 2. The zero-order valence-corrected chi connectivity index (χ0v) is 20.6. The summed E-state index contributed by atoms with van der Waals surface area (Å²) in [6, 6.07) is 4.18. The Labute approximate surface area is 203 Å². The predicted molar refractivity (Wildman–Crippen MR) is 132 cm³/mol. The van der Waals surface area contributed by atoms with E-state index in [2.05, 4.69) is 20.1 Å². The third-order valence-corrected chi connectivity index (χ3v) is 7.60. The first-order valence-corrected chi connectivity index (χ1v) is 12.2. The lowest BCUT2D eigenvalue weighted by Crippen LogP contribution is -2.42.